The molecule has 2 aromatic heterocycles. The summed E-state index contributed by atoms with van der Waals surface area (Å²) in [4.78, 5) is 66.5. The number of amides is 2. The molecule has 0 saturated heterocycles. The minimum absolute atomic E-state index is 0.00862. The second-order valence-corrected chi connectivity index (χ2v) is 13.3. The third-order valence-corrected chi connectivity index (χ3v) is 9.00. The lowest BCUT2D eigenvalue weighted by atomic mass is 10.1. The largest absolute Gasteiger partial charge is 0.461 e. The fraction of sp³-hybridized carbons (Fsp3) is 0.150. The van der Waals surface area contributed by atoms with Crippen LogP contribution in [0.15, 0.2) is 110 Å². The highest BCUT2D eigenvalue weighted by atomic mass is 35.5. The molecule has 0 aliphatic carbocycles. The van der Waals surface area contributed by atoms with Gasteiger partial charge in [-0.25, -0.2) is 19.7 Å². The number of nitrogens with zero attached hydrogens (tertiary/aromatic N) is 5. The smallest absolute Gasteiger partial charge is 0.373 e. The van der Waals surface area contributed by atoms with Crippen LogP contribution in [0.25, 0.3) is 0 Å². The molecule has 0 bridgehead atoms. The zero-order chi connectivity index (χ0) is 40.8. The number of halogens is 4. The van der Waals surface area contributed by atoms with Crippen molar-refractivity contribution in [2.45, 2.75) is 33.4 Å². The highest BCUT2D eigenvalue weighted by Crippen LogP contribution is 2.31. The van der Waals surface area contributed by atoms with Gasteiger partial charge in [0.25, 0.3) is 11.8 Å². The first-order chi connectivity index (χ1) is 26.9. The van der Waals surface area contributed by atoms with Crippen molar-refractivity contribution in [2.75, 3.05) is 17.2 Å². The zero-order valence-electron chi connectivity index (χ0n) is 30.0. The fourth-order valence-electron chi connectivity index (χ4n) is 5.31. The molecule has 0 fully saturated rings. The molecule has 0 unspecified atom stereocenters. The van der Waals surface area contributed by atoms with Gasteiger partial charge in [0, 0.05) is 10.0 Å². The first-order valence-corrected chi connectivity index (χ1v) is 18.3. The minimum atomic E-state index is -0.831. The number of hydrogen-bond donors (Lipinski definition) is 1. The Morgan fingerprint density at radius 1 is 0.714 bits per heavy atom. The number of imidazole rings is 2. The molecule has 0 aliphatic heterocycles. The van der Waals surface area contributed by atoms with Gasteiger partial charge in [-0.1, -0.05) is 114 Å². The number of nitrogens with two attached hydrogens (primary N) is 1. The predicted octanol–water partition coefficient (Wildman–Crippen LogP) is 8.70. The van der Waals surface area contributed by atoms with Crippen molar-refractivity contribution in [2.24, 2.45) is 0 Å². The maximum Gasteiger partial charge on any atom is 0.373 e. The number of carbonyl (C=O) groups excluding carboxylic acids is 5. The SMILES string of the molecule is CCOC(=O)c1ncn(Cc2ccccc2)c1N(C(=O)c1ccc(Cl)cc1Cl)C(=O)c1ccc(Cl)cc1Cl.CCc1ncn(Cc2ccccc2)c1N.O=C=O. The summed E-state index contributed by atoms with van der Waals surface area (Å²) in [7, 11) is 0. The third kappa shape index (κ3) is 10.9. The zero-order valence-corrected chi connectivity index (χ0v) is 33.0. The van der Waals surface area contributed by atoms with Crippen LogP contribution in [0.1, 0.15) is 61.9 Å². The lowest BCUT2D eigenvalue weighted by Crippen LogP contribution is -2.40. The van der Waals surface area contributed by atoms with Crippen LogP contribution in [0.5, 0.6) is 0 Å². The Balaban J connectivity index is 0.000000319. The Labute approximate surface area is 342 Å². The van der Waals surface area contributed by atoms with E-state index in [2.05, 4.69) is 29.0 Å². The van der Waals surface area contributed by atoms with E-state index in [1.54, 1.807) is 13.3 Å². The molecule has 6 rings (SSSR count). The maximum absolute atomic E-state index is 14.0. The van der Waals surface area contributed by atoms with Crippen molar-refractivity contribution in [1.82, 2.24) is 19.1 Å². The molecule has 2 amide bonds. The number of rotatable bonds is 10. The van der Waals surface area contributed by atoms with Gasteiger partial charge < -0.3 is 19.6 Å². The topological polar surface area (TPSA) is 159 Å². The van der Waals surface area contributed by atoms with Gasteiger partial charge in [0.2, 0.25) is 0 Å². The summed E-state index contributed by atoms with van der Waals surface area (Å²) in [6.45, 7) is 4.72. The number of benzene rings is 4. The van der Waals surface area contributed by atoms with Gasteiger partial charge in [0.1, 0.15) is 5.82 Å². The van der Waals surface area contributed by atoms with E-state index in [9.17, 15) is 14.4 Å². The van der Waals surface area contributed by atoms with Gasteiger partial charge in [-0.3, -0.25) is 9.59 Å². The number of anilines is 2. The molecule has 6 aromatic rings. The van der Waals surface area contributed by atoms with Gasteiger partial charge in [-0.05, 0) is 60.9 Å². The lowest BCUT2D eigenvalue weighted by Gasteiger charge is -2.24. The Hall–Kier alpha value is -5.75. The molecule has 0 radical (unpaired) electrons. The number of aryl methyl sites for hydroxylation is 1. The second kappa shape index (κ2) is 20.8. The van der Waals surface area contributed by atoms with Crippen LogP contribution >= 0.6 is 46.4 Å². The molecule has 12 nitrogen and oxygen atoms in total. The number of aromatic nitrogens is 4. The summed E-state index contributed by atoms with van der Waals surface area (Å²) in [5, 5.41) is 0.613. The van der Waals surface area contributed by atoms with Gasteiger partial charge >= 0.3 is 12.1 Å². The first kappa shape index (κ1) is 43.0. The number of ether oxygens (including phenoxy) is 1. The lowest BCUT2D eigenvalue weighted by molar-refractivity contribution is -0.191. The van der Waals surface area contributed by atoms with Crippen LogP contribution in [0.3, 0.4) is 0 Å². The van der Waals surface area contributed by atoms with E-state index in [1.165, 1.54) is 52.9 Å². The monoisotopic (exact) mass is 834 g/mol. The van der Waals surface area contributed by atoms with Crippen molar-refractivity contribution < 1.29 is 28.7 Å². The highest BCUT2D eigenvalue weighted by molar-refractivity contribution is 6.41. The summed E-state index contributed by atoms with van der Waals surface area (Å²) >= 11 is 24.8. The molecule has 0 saturated carbocycles. The van der Waals surface area contributed by atoms with E-state index in [4.69, 9.17) is 66.5 Å². The second-order valence-electron chi connectivity index (χ2n) is 11.6. The molecule has 0 atom stereocenters. The van der Waals surface area contributed by atoms with Crippen LogP contribution in [0, 0.1) is 0 Å². The molecule has 2 N–H and O–H groups in total. The Morgan fingerprint density at radius 2 is 1.18 bits per heavy atom. The molecule has 2 heterocycles. The Kier molecular flexibility index (Phi) is 16.0. The van der Waals surface area contributed by atoms with Crippen molar-refractivity contribution in [1.29, 1.82) is 0 Å². The van der Waals surface area contributed by atoms with E-state index in [0.29, 0.717) is 10.0 Å². The van der Waals surface area contributed by atoms with Crippen molar-refractivity contribution in [3.05, 3.63) is 163 Å². The minimum Gasteiger partial charge on any atom is -0.461 e. The van der Waals surface area contributed by atoms with E-state index in [-0.39, 0.29) is 52.0 Å². The fourth-order valence-corrected chi connectivity index (χ4v) is 6.29. The number of carbonyl (C=O) groups is 3. The summed E-state index contributed by atoms with van der Waals surface area (Å²) in [5.74, 6) is -1.81. The van der Waals surface area contributed by atoms with Crippen molar-refractivity contribution >= 4 is 82.0 Å². The van der Waals surface area contributed by atoms with Gasteiger partial charge in [-0.15, -0.1) is 0 Å². The Morgan fingerprint density at radius 3 is 1.61 bits per heavy atom. The van der Waals surface area contributed by atoms with Crippen LogP contribution in [0.2, 0.25) is 20.1 Å². The molecular formula is C40H34Cl4N6O6. The number of hydrogen-bond acceptors (Lipinski definition) is 9. The van der Waals surface area contributed by atoms with E-state index < -0.39 is 17.8 Å². The number of esters is 1. The summed E-state index contributed by atoms with van der Waals surface area (Å²) in [6.07, 6.45) is 4.30. The predicted molar refractivity (Wildman–Crippen MR) is 214 cm³/mol. The third-order valence-electron chi connectivity index (χ3n) is 7.90. The standard InChI is InChI=1S/C27H19Cl4N3O4.C12H15N3.CO2/c1-2-38-27(37)23-24(33(15-32-23)14-16-6-4-3-5-7-16)34(25(35)19-10-8-17(28)12-21(19)30)26(36)20-11-9-18(29)13-22(20)31;1-2-11-12(13)15(9-14-11)8-10-6-4-3-5-7-10;2-1-3/h3-13,15H,2,14H2,1H3;3-7,9H,2,8,13H2,1H3;. The number of imide groups is 1. The molecule has 0 aliphatic rings. The van der Waals surface area contributed by atoms with Crippen molar-refractivity contribution in [3.63, 3.8) is 0 Å². The molecular weight excluding hydrogens is 802 g/mol. The van der Waals surface area contributed by atoms with Gasteiger partial charge in [-0.2, -0.15) is 9.59 Å². The maximum atomic E-state index is 14.0. The van der Waals surface area contributed by atoms with Gasteiger partial charge in [0.15, 0.2) is 11.5 Å². The van der Waals surface area contributed by atoms with Crippen LogP contribution in [-0.4, -0.2) is 49.6 Å². The van der Waals surface area contributed by atoms with Crippen LogP contribution < -0.4 is 10.6 Å². The quantitative estimate of drug-likeness (QED) is 0.105. The van der Waals surface area contributed by atoms with Crippen molar-refractivity contribution in [3.8, 4) is 0 Å². The van der Waals surface area contributed by atoms with Crippen LogP contribution in [-0.2, 0) is 33.8 Å². The normalized spacial score (nSPS) is 10.2. The average Bonchev–Trinajstić information content (AvgIpc) is 3.75. The molecule has 288 valence electrons. The van der Waals surface area contributed by atoms with E-state index >= 15 is 0 Å². The first-order valence-electron chi connectivity index (χ1n) is 16.8. The van der Waals surface area contributed by atoms with Gasteiger partial charge in [0.05, 0.1) is 59.2 Å². The molecule has 56 heavy (non-hydrogen) atoms. The summed E-state index contributed by atoms with van der Waals surface area (Å²) < 4.78 is 8.67. The van der Waals surface area contributed by atoms with E-state index in [0.717, 1.165) is 34.9 Å². The number of nitrogen functional groups attached to an aromatic ring is 1. The van der Waals surface area contributed by atoms with E-state index in [1.807, 2.05) is 53.1 Å². The van der Waals surface area contributed by atoms with Crippen LogP contribution in [0.4, 0.5) is 11.6 Å². The molecule has 4 aromatic carbocycles. The summed E-state index contributed by atoms with van der Waals surface area (Å²) in [5.41, 5.74) is 8.71. The molecule has 16 heteroatoms. The highest BCUT2D eigenvalue weighted by Gasteiger charge is 2.36. The average molecular weight is 837 g/mol. The Bertz CT molecular complexity index is 2260. The molecule has 0 spiro atoms. The summed E-state index contributed by atoms with van der Waals surface area (Å²) in [6, 6.07) is 28.0.